The number of hydrogen-bond acceptors (Lipinski definition) is 4. The van der Waals surface area contributed by atoms with Gasteiger partial charge < -0.3 is 15.2 Å². The zero-order valence-electron chi connectivity index (χ0n) is 22.2. The average Bonchev–Trinajstić information content (AvgIpc) is 2.81. The molecule has 0 aromatic rings. The zero-order valence-corrected chi connectivity index (χ0v) is 23.0. The Labute approximate surface area is 220 Å². The fraction of sp³-hybridized carbons (Fsp3) is 0.607. The summed E-state index contributed by atoms with van der Waals surface area (Å²) in [4.78, 5) is 23.9. The van der Waals surface area contributed by atoms with Crippen LogP contribution < -0.4 is 5.32 Å². The van der Waals surface area contributed by atoms with Gasteiger partial charge in [-0.1, -0.05) is 58.4 Å². The lowest BCUT2D eigenvalue weighted by Crippen LogP contribution is -2.37. The highest BCUT2D eigenvalue weighted by Gasteiger charge is 2.31. The first-order chi connectivity index (χ1) is 16.8. The van der Waals surface area contributed by atoms with Crippen LogP contribution in [0.1, 0.15) is 59.8 Å². The number of methoxy groups -OCH3 is 1. The van der Waals surface area contributed by atoms with Crippen molar-refractivity contribution in [3.05, 3.63) is 48.4 Å². The van der Waals surface area contributed by atoms with Crippen LogP contribution >= 0.6 is 11.6 Å². The third-order valence-electron chi connectivity index (χ3n) is 7.03. The minimum absolute atomic E-state index is 0.0725. The Morgan fingerprint density at radius 2 is 2.00 bits per heavy atom. The zero-order chi connectivity index (χ0) is 27.6. The summed E-state index contributed by atoms with van der Waals surface area (Å²) in [7, 11) is 1.64. The monoisotopic (exact) mass is 524 g/mol. The van der Waals surface area contributed by atoms with Crippen LogP contribution in [-0.4, -0.2) is 41.9 Å². The molecule has 6 nitrogen and oxygen atoms in total. The first-order valence-electron chi connectivity index (χ1n) is 12.4. The van der Waals surface area contributed by atoms with Crippen molar-refractivity contribution >= 4 is 29.3 Å². The Bertz CT molecular complexity index is 896. The molecule has 0 heterocycles. The maximum atomic E-state index is 14.4. The number of alkyl halides is 1. The van der Waals surface area contributed by atoms with Crippen LogP contribution in [0.25, 0.3) is 0 Å². The Kier molecular flexibility index (Phi) is 12.8. The molecule has 0 spiro atoms. The highest BCUT2D eigenvalue weighted by Crippen LogP contribution is 2.34. The summed E-state index contributed by atoms with van der Waals surface area (Å²) in [6, 6.07) is 0. The molecule has 36 heavy (non-hydrogen) atoms. The van der Waals surface area contributed by atoms with E-state index in [4.69, 9.17) is 26.9 Å². The van der Waals surface area contributed by atoms with Crippen molar-refractivity contribution in [1.29, 1.82) is 5.41 Å². The summed E-state index contributed by atoms with van der Waals surface area (Å²) < 4.78 is 19.8. The van der Waals surface area contributed by atoms with E-state index in [1.807, 2.05) is 6.08 Å². The van der Waals surface area contributed by atoms with Crippen molar-refractivity contribution in [3.63, 3.8) is 0 Å². The number of ether oxygens (including phenoxy) is 1. The van der Waals surface area contributed by atoms with Gasteiger partial charge in [-0.05, 0) is 43.1 Å². The number of amides is 1. The summed E-state index contributed by atoms with van der Waals surface area (Å²) in [5, 5.41) is 18.6. The molecule has 202 valence electrons. The van der Waals surface area contributed by atoms with Gasteiger partial charge in [0.2, 0.25) is 5.91 Å². The Morgan fingerprint density at radius 3 is 2.53 bits per heavy atom. The van der Waals surface area contributed by atoms with Gasteiger partial charge in [-0.3, -0.25) is 15.0 Å². The van der Waals surface area contributed by atoms with E-state index in [0.717, 1.165) is 37.0 Å². The molecule has 0 bridgehead atoms. The van der Waals surface area contributed by atoms with E-state index in [1.165, 1.54) is 0 Å². The van der Waals surface area contributed by atoms with Crippen LogP contribution in [0.3, 0.4) is 0 Å². The van der Waals surface area contributed by atoms with Crippen molar-refractivity contribution in [1.82, 2.24) is 5.32 Å². The first-order valence-corrected chi connectivity index (χ1v) is 12.8. The van der Waals surface area contributed by atoms with Crippen LogP contribution in [-0.2, 0) is 14.3 Å². The number of carbonyl (C=O) groups is 2. The minimum Gasteiger partial charge on any atom is -0.481 e. The second-order valence-corrected chi connectivity index (χ2v) is 11.0. The molecule has 0 radical (unpaired) electrons. The molecule has 0 aromatic heterocycles. The summed E-state index contributed by atoms with van der Waals surface area (Å²) >= 11 is 6.01. The van der Waals surface area contributed by atoms with Crippen molar-refractivity contribution in [2.24, 2.45) is 29.1 Å². The molecule has 0 aromatic carbocycles. The minimum atomic E-state index is -1.26. The van der Waals surface area contributed by atoms with E-state index in [1.54, 1.807) is 14.0 Å². The summed E-state index contributed by atoms with van der Waals surface area (Å²) in [5.41, 5.74) is 1.06. The van der Waals surface area contributed by atoms with E-state index in [2.05, 4.69) is 39.2 Å². The molecule has 1 aliphatic rings. The van der Waals surface area contributed by atoms with E-state index >= 15 is 0 Å². The number of carboxylic acid groups (broad SMARTS) is 1. The van der Waals surface area contributed by atoms with Gasteiger partial charge in [-0.2, -0.15) is 0 Å². The second-order valence-electron chi connectivity index (χ2n) is 10.5. The molecule has 0 aliphatic heterocycles. The lowest BCUT2D eigenvalue weighted by molar-refractivity contribution is -0.139. The number of carboxylic acids is 1. The first kappa shape index (κ1) is 31.8. The number of amidine groups is 1. The Balaban J connectivity index is 2.73. The standard InChI is InChI=1S/C28H42ClFN2O4/c1-8-19(15-28(5,6)9-2)12-18(4)20(16-36-7)11-10-17(3)26(33)32-25(31)22-13-23(29)21(27(34)35)14-24(22)30/h8,13-14,17,19-21,23H,1,4,9-12,15-16H2,2-3,5-7H3,(H,34,35)(H2,31,32,33)/t17-,19?,20?,21?,23-/m1/s1. The highest BCUT2D eigenvalue weighted by molar-refractivity contribution is 6.24. The SMILES string of the molecule is C=CC(CC(=C)C(CC[C@@H](C)C(=O)NC(=N)C1=C[C@@H](Cl)C(C(=O)O)C=C1F)COC)CC(C)(C)CC. The predicted octanol–water partition coefficient (Wildman–Crippen LogP) is 6.44. The molecule has 0 fully saturated rings. The topological polar surface area (TPSA) is 99.5 Å². The van der Waals surface area contributed by atoms with Gasteiger partial charge in [0.1, 0.15) is 11.7 Å². The van der Waals surface area contributed by atoms with Gasteiger partial charge in [0.15, 0.2) is 0 Å². The number of aliphatic carboxylic acids is 1. The van der Waals surface area contributed by atoms with Gasteiger partial charge in [-0.25, -0.2) is 4.39 Å². The summed E-state index contributed by atoms with van der Waals surface area (Å²) in [6.45, 7) is 17.2. The third-order valence-corrected chi connectivity index (χ3v) is 7.42. The van der Waals surface area contributed by atoms with Crippen molar-refractivity contribution in [2.75, 3.05) is 13.7 Å². The number of halogens is 2. The largest absolute Gasteiger partial charge is 0.481 e. The highest BCUT2D eigenvalue weighted by atomic mass is 35.5. The number of carbonyl (C=O) groups excluding carboxylic acids is 1. The molecule has 0 saturated carbocycles. The summed E-state index contributed by atoms with van der Waals surface area (Å²) in [5.74, 6) is -4.30. The van der Waals surface area contributed by atoms with Crippen LogP contribution in [0.15, 0.2) is 48.4 Å². The van der Waals surface area contributed by atoms with Gasteiger partial charge in [0.25, 0.3) is 0 Å². The van der Waals surface area contributed by atoms with Crippen LogP contribution in [0, 0.1) is 34.5 Å². The maximum absolute atomic E-state index is 14.4. The Hall–Kier alpha value is -2.25. The fourth-order valence-electron chi connectivity index (χ4n) is 4.19. The van der Waals surface area contributed by atoms with E-state index in [-0.39, 0.29) is 16.9 Å². The molecule has 1 rings (SSSR count). The van der Waals surface area contributed by atoms with E-state index in [9.17, 15) is 14.0 Å². The van der Waals surface area contributed by atoms with Crippen molar-refractivity contribution in [2.45, 2.75) is 65.2 Å². The molecule has 0 saturated heterocycles. The predicted molar refractivity (Wildman–Crippen MR) is 144 cm³/mol. The second kappa shape index (κ2) is 14.5. The van der Waals surface area contributed by atoms with E-state index in [0.29, 0.717) is 25.4 Å². The molecule has 1 amide bonds. The van der Waals surface area contributed by atoms with Crippen LogP contribution in [0.2, 0.25) is 0 Å². The molecule has 3 unspecified atom stereocenters. The van der Waals surface area contributed by atoms with Gasteiger partial charge in [-0.15, -0.1) is 18.2 Å². The van der Waals surface area contributed by atoms with Gasteiger partial charge in [0.05, 0.1) is 17.9 Å². The number of allylic oxidation sites excluding steroid dienone is 2. The molecule has 8 heteroatoms. The average molecular weight is 525 g/mol. The third kappa shape index (κ3) is 9.66. The maximum Gasteiger partial charge on any atom is 0.312 e. The normalized spacial score (nSPS) is 20.4. The van der Waals surface area contributed by atoms with Crippen molar-refractivity contribution in [3.8, 4) is 0 Å². The van der Waals surface area contributed by atoms with Crippen LogP contribution in [0.5, 0.6) is 0 Å². The number of rotatable bonds is 15. The van der Waals surface area contributed by atoms with Crippen LogP contribution in [0.4, 0.5) is 4.39 Å². The molecular weight excluding hydrogens is 483 g/mol. The smallest absolute Gasteiger partial charge is 0.312 e. The van der Waals surface area contributed by atoms with Gasteiger partial charge >= 0.3 is 5.97 Å². The quantitative estimate of drug-likeness (QED) is 0.0993. The molecular formula is C28H42ClFN2O4. The van der Waals surface area contributed by atoms with Crippen molar-refractivity contribution < 1.29 is 23.8 Å². The number of hydrogen-bond donors (Lipinski definition) is 3. The lowest BCUT2D eigenvalue weighted by Gasteiger charge is -2.29. The molecule has 5 atom stereocenters. The molecule has 3 N–H and O–H groups in total. The van der Waals surface area contributed by atoms with E-state index < -0.39 is 40.8 Å². The number of nitrogens with one attached hydrogen (secondary N) is 2. The lowest BCUT2D eigenvalue weighted by atomic mass is 9.77. The van der Waals surface area contributed by atoms with Gasteiger partial charge in [0, 0.05) is 24.5 Å². The Morgan fingerprint density at radius 1 is 1.36 bits per heavy atom. The summed E-state index contributed by atoms with van der Waals surface area (Å²) in [6.07, 6.45) is 8.11. The fourth-order valence-corrected chi connectivity index (χ4v) is 4.50. The molecule has 1 aliphatic carbocycles.